The highest BCUT2D eigenvalue weighted by atomic mass is 32.1. The Morgan fingerprint density at radius 2 is 0.400 bits per heavy atom. The molecule has 0 atom stereocenters. The van der Waals surface area contributed by atoms with Crippen LogP contribution in [0.2, 0.25) is 0 Å². The summed E-state index contributed by atoms with van der Waals surface area (Å²) in [5, 5.41) is 0. The first kappa shape index (κ1) is 79.9. The Bertz CT molecular complexity index is 3.61. The monoisotopic (exact) mass is 160 g/mol. The Morgan fingerprint density at radius 3 is 0.400 bits per heavy atom. The molecule has 0 aliphatic heterocycles. The molecule has 5 heteroatoms. The number of hydrogen-bond donors (Lipinski definition) is 0. The van der Waals surface area contributed by atoms with E-state index < -0.39 is 0 Å². The lowest BCUT2D eigenvalue weighted by Gasteiger charge is -0.0151. The molecule has 0 aromatic carbocycles. The van der Waals surface area contributed by atoms with E-state index in [-0.39, 0.29) is 64.9 Å². The van der Waals surface area contributed by atoms with E-state index in [2.05, 4.69) is 0 Å². The molecule has 0 N–H and O–H groups in total. The molecule has 32 valence electrons. The molecule has 0 aliphatic rings. The van der Waals surface area contributed by atoms with Gasteiger partial charge in [0.15, 0.2) is 0 Å². The van der Waals surface area contributed by atoms with Gasteiger partial charge < -0.3 is 0 Å². The molecular formula is H4S4Si. The van der Waals surface area contributed by atoms with E-state index in [0.717, 1.165) is 0 Å². The van der Waals surface area contributed by atoms with Crippen LogP contribution in [0, 0.1) is 0 Å². The zero-order valence-electron chi connectivity index (χ0n) is 1.63. The van der Waals surface area contributed by atoms with Crippen molar-refractivity contribution in [2.45, 2.75) is 0 Å². The molecule has 0 rings (SSSR count). The maximum atomic E-state index is 0. The molecule has 0 fully saturated rings. The standard InChI is InChI=1S/4S.H4Si/h;;;;1H4. The smallest absolute Gasteiger partial charge is 0 e. The zero-order valence-corrected chi connectivity index (χ0v) is 4.90. The average molecular weight is 160 g/mol. The van der Waals surface area contributed by atoms with Crippen molar-refractivity contribution >= 4 is 64.9 Å². The summed E-state index contributed by atoms with van der Waals surface area (Å²) >= 11 is 0. The maximum absolute atomic E-state index is 0. The number of rotatable bonds is 0. The van der Waals surface area contributed by atoms with E-state index in [4.69, 9.17) is 0 Å². The Kier molecular flexibility index (Phi) is 731. The second-order valence-electron chi connectivity index (χ2n) is 0. The largest absolute Gasteiger partial charge is 0.0149 e. The van der Waals surface area contributed by atoms with Gasteiger partial charge in [-0.2, -0.15) is 0 Å². The highest BCUT2D eigenvalue weighted by molar-refractivity contribution is 7.59. The first-order valence-corrected chi connectivity index (χ1v) is 0. The Hall–Kier alpha value is 1.62. The third-order valence-corrected chi connectivity index (χ3v) is 0. The van der Waals surface area contributed by atoms with E-state index >= 15 is 0 Å². The van der Waals surface area contributed by atoms with Gasteiger partial charge in [-0.1, -0.05) is 0 Å². The summed E-state index contributed by atoms with van der Waals surface area (Å²) < 4.78 is 0. The minimum absolute atomic E-state index is 0. The average Bonchev–Trinajstić information content (AvgIpc) is 0. The summed E-state index contributed by atoms with van der Waals surface area (Å²) in [6, 6.07) is 0. The SMILES string of the molecule is [S].[S].[S].[S].[SiH4]. The predicted molar refractivity (Wildman–Crippen MR) is 41.7 cm³/mol. The normalized spacial score (nSPS) is 0. The van der Waals surface area contributed by atoms with Crippen molar-refractivity contribution in [3.63, 3.8) is 0 Å². The fraction of sp³-hybridized carbons (Fsp3) is 0. The van der Waals surface area contributed by atoms with Crippen molar-refractivity contribution in [2.75, 3.05) is 0 Å². The van der Waals surface area contributed by atoms with E-state index in [0.29, 0.717) is 0 Å². The highest BCUT2D eigenvalue weighted by Crippen LogP contribution is 0.651. The molecule has 8 radical (unpaired) electrons. The third kappa shape index (κ3) is 28.1. The molecule has 0 spiro atoms. The molecule has 0 saturated carbocycles. The van der Waals surface area contributed by atoms with E-state index in [1.54, 1.807) is 0 Å². The van der Waals surface area contributed by atoms with E-state index in [9.17, 15) is 0 Å². The van der Waals surface area contributed by atoms with Crippen LogP contribution in [0.4, 0.5) is 0 Å². The molecule has 0 unspecified atom stereocenters. The van der Waals surface area contributed by atoms with Crippen LogP contribution in [0.3, 0.4) is 0 Å². The first-order chi connectivity index (χ1) is 0. The molecule has 0 amide bonds. The summed E-state index contributed by atoms with van der Waals surface area (Å²) in [5.41, 5.74) is 0. The Morgan fingerprint density at radius 1 is 0.400 bits per heavy atom. The quantitative estimate of drug-likeness (QED) is 0.466. The second kappa shape index (κ2) is 45.8. The molecule has 0 bridgehead atoms. The fourth-order valence-corrected chi connectivity index (χ4v) is 0. The van der Waals surface area contributed by atoms with Crippen molar-refractivity contribution in [2.24, 2.45) is 0 Å². The number of hydrogen-bond acceptors (Lipinski definition) is 0. The first-order valence-electron chi connectivity index (χ1n) is 0. The van der Waals surface area contributed by atoms with Crippen LogP contribution < -0.4 is 0 Å². The van der Waals surface area contributed by atoms with Gasteiger partial charge in [0.2, 0.25) is 0 Å². The van der Waals surface area contributed by atoms with Gasteiger partial charge in [0.1, 0.15) is 0 Å². The lowest BCUT2D eigenvalue weighted by Crippen LogP contribution is -0.381. The van der Waals surface area contributed by atoms with Gasteiger partial charge in [-0.25, -0.2) is 0 Å². The van der Waals surface area contributed by atoms with Gasteiger partial charge in [0.25, 0.3) is 0 Å². The van der Waals surface area contributed by atoms with Crippen LogP contribution >= 0.6 is 54.0 Å². The van der Waals surface area contributed by atoms with Crippen LogP contribution in [0.1, 0.15) is 0 Å². The van der Waals surface area contributed by atoms with Crippen molar-refractivity contribution in [1.29, 1.82) is 0 Å². The lowest BCUT2D eigenvalue weighted by atomic mass is 28.1. The van der Waals surface area contributed by atoms with Crippen LogP contribution in [-0.4, -0.2) is 11.0 Å². The summed E-state index contributed by atoms with van der Waals surface area (Å²) in [6.07, 6.45) is 0. The predicted octanol–water partition coefficient (Wildman–Crippen LogP) is 1.14. The molecule has 0 nitrogen and oxygen atoms in total. The van der Waals surface area contributed by atoms with Gasteiger partial charge >= 0.3 is 0 Å². The van der Waals surface area contributed by atoms with Crippen molar-refractivity contribution in [3.05, 3.63) is 0 Å². The van der Waals surface area contributed by atoms with Crippen molar-refractivity contribution in [1.82, 2.24) is 0 Å². The Balaban J connectivity index is 0. The van der Waals surface area contributed by atoms with Gasteiger partial charge in [-0.15, -0.1) is 0 Å². The van der Waals surface area contributed by atoms with Crippen molar-refractivity contribution < 1.29 is 0 Å². The minimum atomic E-state index is 0. The summed E-state index contributed by atoms with van der Waals surface area (Å²) in [6.45, 7) is 0. The van der Waals surface area contributed by atoms with Gasteiger partial charge in [-0.3, -0.25) is 0 Å². The molecule has 0 aliphatic carbocycles. The van der Waals surface area contributed by atoms with Crippen LogP contribution in [0.5, 0.6) is 0 Å². The minimum Gasteiger partial charge on any atom is -0.0149 e. The van der Waals surface area contributed by atoms with E-state index in [1.165, 1.54) is 0 Å². The fourth-order valence-electron chi connectivity index (χ4n) is 0. The van der Waals surface area contributed by atoms with Crippen LogP contribution in [-0.2, 0) is 0 Å². The molecule has 0 heterocycles. The summed E-state index contributed by atoms with van der Waals surface area (Å²) in [4.78, 5) is 0. The molecule has 5 heavy (non-hydrogen) atoms. The Labute approximate surface area is 64.9 Å². The summed E-state index contributed by atoms with van der Waals surface area (Å²) in [5.74, 6) is 0. The zero-order chi connectivity index (χ0) is 0. The van der Waals surface area contributed by atoms with Crippen LogP contribution in [0.15, 0.2) is 0 Å². The molecule has 0 saturated heterocycles. The third-order valence-electron chi connectivity index (χ3n) is 0. The summed E-state index contributed by atoms with van der Waals surface area (Å²) in [7, 11) is 0. The van der Waals surface area contributed by atoms with Crippen LogP contribution in [0.25, 0.3) is 0 Å². The lowest BCUT2D eigenvalue weighted by molar-refractivity contribution is 5.75. The molecule has 0 aromatic rings. The highest BCUT2D eigenvalue weighted by Gasteiger charge is 0.00322. The van der Waals surface area contributed by atoms with Crippen molar-refractivity contribution in [3.8, 4) is 0 Å². The van der Waals surface area contributed by atoms with E-state index in [1.807, 2.05) is 0 Å². The second-order valence-corrected chi connectivity index (χ2v) is 0. The van der Waals surface area contributed by atoms with Gasteiger partial charge in [-0.05, 0) is 11.0 Å². The molecular weight excluding hydrogens is 156 g/mol. The maximum Gasteiger partial charge on any atom is 0 e. The molecule has 0 aromatic heterocycles. The van der Waals surface area contributed by atoms with Gasteiger partial charge in [0, 0.05) is 54.0 Å². The topological polar surface area (TPSA) is 0 Å². The van der Waals surface area contributed by atoms with Gasteiger partial charge in [0.05, 0.1) is 0 Å².